The molecule has 266 valence electrons. The molecule has 3 aromatic heterocycles. The summed E-state index contributed by atoms with van der Waals surface area (Å²) in [4.78, 5) is 20.0. The summed E-state index contributed by atoms with van der Waals surface area (Å²) in [6.45, 7) is 0. The van der Waals surface area contributed by atoms with Crippen LogP contribution in [0, 0.1) is 0 Å². The summed E-state index contributed by atoms with van der Waals surface area (Å²) in [6, 6.07) is 66.9. The lowest BCUT2D eigenvalue weighted by Gasteiger charge is -2.16. The topological polar surface area (TPSA) is 64.7 Å². The maximum Gasteiger partial charge on any atom is 0.164 e. The third-order valence-corrected chi connectivity index (χ3v) is 10.7. The van der Waals surface area contributed by atoms with Gasteiger partial charge < -0.3 is 4.42 Å². The fraction of sp³-hybridized carbons (Fsp3) is 0. The Bertz CT molecular complexity index is 3190. The quantitative estimate of drug-likeness (QED) is 0.160. The molecular formula is C52H32N4O. The van der Waals surface area contributed by atoms with Crippen LogP contribution >= 0.6 is 0 Å². The number of para-hydroxylation sites is 2. The van der Waals surface area contributed by atoms with Crippen molar-refractivity contribution in [1.29, 1.82) is 0 Å². The van der Waals surface area contributed by atoms with E-state index in [4.69, 9.17) is 24.4 Å². The Kier molecular flexibility index (Phi) is 7.74. The fourth-order valence-corrected chi connectivity index (χ4v) is 8.00. The Labute approximate surface area is 328 Å². The molecule has 0 amide bonds. The Morgan fingerprint density at radius 2 is 0.754 bits per heavy atom. The molecule has 0 unspecified atom stereocenters. The molecule has 5 nitrogen and oxygen atoms in total. The van der Waals surface area contributed by atoms with Crippen LogP contribution in [0.3, 0.4) is 0 Å². The highest BCUT2D eigenvalue weighted by molar-refractivity contribution is 6.27. The second-order valence-corrected chi connectivity index (χ2v) is 14.2. The highest BCUT2D eigenvalue weighted by atomic mass is 16.3. The van der Waals surface area contributed by atoms with Crippen LogP contribution in [0.15, 0.2) is 199 Å². The highest BCUT2D eigenvalue weighted by Gasteiger charge is 2.21. The molecule has 0 atom stereocenters. The van der Waals surface area contributed by atoms with Crippen molar-refractivity contribution in [2.45, 2.75) is 0 Å². The van der Waals surface area contributed by atoms with Crippen molar-refractivity contribution in [3.8, 4) is 67.7 Å². The van der Waals surface area contributed by atoms with Crippen molar-refractivity contribution in [3.63, 3.8) is 0 Å². The molecule has 5 heteroatoms. The van der Waals surface area contributed by atoms with Crippen LogP contribution in [-0.4, -0.2) is 19.9 Å². The van der Waals surface area contributed by atoms with E-state index in [1.165, 1.54) is 5.39 Å². The Morgan fingerprint density at radius 1 is 0.298 bits per heavy atom. The number of benzene rings is 8. The van der Waals surface area contributed by atoms with Crippen molar-refractivity contribution in [2.24, 2.45) is 0 Å². The van der Waals surface area contributed by atoms with Crippen molar-refractivity contribution in [2.75, 3.05) is 0 Å². The summed E-state index contributed by atoms with van der Waals surface area (Å²) in [5.74, 6) is 1.92. The molecule has 57 heavy (non-hydrogen) atoms. The number of nitrogens with zero attached hydrogens (tertiary/aromatic N) is 4. The highest BCUT2D eigenvalue weighted by Crippen LogP contribution is 2.46. The zero-order valence-electron chi connectivity index (χ0n) is 30.7. The van der Waals surface area contributed by atoms with Crippen molar-refractivity contribution in [1.82, 2.24) is 19.9 Å². The number of hydrogen-bond donors (Lipinski definition) is 0. The van der Waals surface area contributed by atoms with Gasteiger partial charge in [0.2, 0.25) is 0 Å². The van der Waals surface area contributed by atoms with Gasteiger partial charge >= 0.3 is 0 Å². The fourth-order valence-electron chi connectivity index (χ4n) is 8.00. The van der Waals surface area contributed by atoms with E-state index in [2.05, 4.69) is 121 Å². The zero-order chi connectivity index (χ0) is 37.7. The molecule has 0 bridgehead atoms. The molecule has 0 radical (unpaired) electrons. The van der Waals surface area contributed by atoms with E-state index >= 15 is 0 Å². The number of furan rings is 1. The molecule has 0 fully saturated rings. The number of aromatic nitrogens is 4. The number of pyridine rings is 1. The summed E-state index contributed by atoms with van der Waals surface area (Å²) in [6.07, 6.45) is 0. The Hall–Kier alpha value is -7.76. The van der Waals surface area contributed by atoms with E-state index in [0.717, 1.165) is 88.4 Å². The van der Waals surface area contributed by atoms with E-state index in [-0.39, 0.29) is 0 Å². The van der Waals surface area contributed by atoms with Gasteiger partial charge in [-0.15, -0.1) is 0 Å². The van der Waals surface area contributed by atoms with E-state index in [0.29, 0.717) is 17.5 Å². The SMILES string of the molecule is c1ccc(-c2nc(-c3ccccc3)nc(-c3ccc(-c4ccc(-c5nc6ccccc6c6c(-c7ccccc7)c7c(cc56)oc5ccccc57)cc4)cc3)n2)cc1. The van der Waals surface area contributed by atoms with Gasteiger partial charge in [0.25, 0.3) is 0 Å². The minimum Gasteiger partial charge on any atom is -0.456 e. The molecule has 0 spiro atoms. The minimum atomic E-state index is 0.632. The number of hydrogen-bond acceptors (Lipinski definition) is 5. The lowest BCUT2D eigenvalue weighted by Crippen LogP contribution is -2.00. The number of rotatable bonds is 6. The van der Waals surface area contributed by atoms with Crippen LogP contribution in [0.1, 0.15) is 0 Å². The molecule has 0 N–H and O–H groups in total. The van der Waals surface area contributed by atoms with Crippen molar-refractivity contribution >= 4 is 43.6 Å². The van der Waals surface area contributed by atoms with Gasteiger partial charge in [-0.25, -0.2) is 19.9 Å². The lowest BCUT2D eigenvalue weighted by atomic mass is 9.89. The Balaban J connectivity index is 1.01. The van der Waals surface area contributed by atoms with Crippen LogP contribution in [0.4, 0.5) is 0 Å². The van der Waals surface area contributed by atoms with E-state index < -0.39 is 0 Å². The molecular weight excluding hydrogens is 697 g/mol. The lowest BCUT2D eigenvalue weighted by molar-refractivity contribution is 0.669. The molecule has 3 heterocycles. The van der Waals surface area contributed by atoms with Gasteiger partial charge in [0.1, 0.15) is 11.2 Å². The first kappa shape index (κ1) is 32.7. The maximum absolute atomic E-state index is 6.56. The maximum atomic E-state index is 6.56. The number of fused-ring (bicyclic) bond motifs is 6. The first-order chi connectivity index (χ1) is 28.2. The molecule has 0 saturated heterocycles. The van der Waals surface area contributed by atoms with Crippen LogP contribution in [0.2, 0.25) is 0 Å². The van der Waals surface area contributed by atoms with Crippen molar-refractivity contribution < 1.29 is 4.42 Å². The van der Waals surface area contributed by atoms with E-state index in [9.17, 15) is 0 Å². The first-order valence-corrected chi connectivity index (χ1v) is 19.1. The first-order valence-electron chi connectivity index (χ1n) is 19.1. The molecule has 11 aromatic rings. The van der Waals surface area contributed by atoms with Gasteiger partial charge in [-0.05, 0) is 34.9 Å². The summed E-state index contributed by atoms with van der Waals surface area (Å²) in [5.41, 5.74) is 11.9. The van der Waals surface area contributed by atoms with Crippen LogP contribution in [0.5, 0.6) is 0 Å². The van der Waals surface area contributed by atoms with Crippen LogP contribution in [-0.2, 0) is 0 Å². The zero-order valence-corrected chi connectivity index (χ0v) is 30.7. The van der Waals surface area contributed by atoms with Gasteiger partial charge in [-0.3, -0.25) is 0 Å². The predicted octanol–water partition coefficient (Wildman–Crippen LogP) is 13.5. The summed E-state index contributed by atoms with van der Waals surface area (Å²) in [5, 5.41) is 5.57. The summed E-state index contributed by atoms with van der Waals surface area (Å²) < 4.78 is 6.56. The molecule has 0 aliphatic carbocycles. The largest absolute Gasteiger partial charge is 0.456 e. The van der Waals surface area contributed by atoms with Gasteiger partial charge in [-0.2, -0.15) is 0 Å². The predicted molar refractivity (Wildman–Crippen MR) is 233 cm³/mol. The third kappa shape index (κ3) is 5.72. The monoisotopic (exact) mass is 728 g/mol. The van der Waals surface area contributed by atoms with Gasteiger partial charge in [0.05, 0.1) is 11.2 Å². The van der Waals surface area contributed by atoms with Crippen molar-refractivity contribution in [3.05, 3.63) is 194 Å². The standard InChI is InChI=1S/C52H32N4O/c1-4-14-35(15-5-1)46-47-40-20-10-12-22-43(40)53-49(42(47)32-45-48(46)41-21-11-13-23-44(41)57-45)36-28-24-33(25-29-36)34-26-30-39(31-27-34)52-55-50(37-16-6-2-7-17-37)54-51(56-52)38-18-8-3-9-19-38/h1-32H. The second-order valence-electron chi connectivity index (χ2n) is 14.2. The average Bonchev–Trinajstić information content (AvgIpc) is 3.67. The molecule has 11 rings (SSSR count). The Morgan fingerprint density at radius 3 is 1.35 bits per heavy atom. The molecule has 0 aliphatic heterocycles. The van der Waals surface area contributed by atoms with Gasteiger partial charge in [0, 0.05) is 54.7 Å². The smallest absolute Gasteiger partial charge is 0.164 e. The van der Waals surface area contributed by atoms with E-state index in [1.807, 2.05) is 72.8 Å². The third-order valence-electron chi connectivity index (χ3n) is 10.7. The molecule has 8 aromatic carbocycles. The average molecular weight is 729 g/mol. The van der Waals surface area contributed by atoms with Crippen LogP contribution in [0.25, 0.3) is 111 Å². The second kappa shape index (κ2) is 13.5. The van der Waals surface area contributed by atoms with E-state index in [1.54, 1.807) is 0 Å². The molecule has 0 saturated carbocycles. The van der Waals surface area contributed by atoms with Gasteiger partial charge in [-0.1, -0.05) is 176 Å². The van der Waals surface area contributed by atoms with Crippen LogP contribution < -0.4 is 0 Å². The normalized spacial score (nSPS) is 11.5. The van der Waals surface area contributed by atoms with Gasteiger partial charge in [0.15, 0.2) is 17.5 Å². The summed E-state index contributed by atoms with van der Waals surface area (Å²) >= 11 is 0. The summed E-state index contributed by atoms with van der Waals surface area (Å²) in [7, 11) is 0. The minimum absolute atomic E-state index is 0.632. The molecule has 0 aliphatic rings.